The van der Waals surface area contributed by atoms with E-state index in [9.17, 15) is 13.2 Å². The number of piperidine rings is 1. The summed E-state index contributed by atoms with van der Waals surface area (Å²) in [7, 11) is -3.07. The van der Waals surface area contributed by atoms with Crippen molar-refractivity contribution in [2.45, 2.75) is 26.2 Å². The van der Waals surface area contributed by atoms with E-state index in [0.29, 0.717) is 13.0 Å². The van der Waals surface area contributed by atoms with Gasteiger partial charge in [-0.25, -0.2) is 8.42 Å². The summed E-state index contributed by atoms with van der Waals surface area (Å²) in [5.41, 5.74) is 1.07. The molecule has 0 spiro atoms. The van der Waals surface area contributed by atoms with Gasteiger partial charge in [0.1, 0.15) is 9.84 Å². The predicted molar refractivity (Wildman–Crippen MR) is 89.9 cm³/mol. The number of likely N-dealkylation sites (tertiary alicyclic amines) is 1. The van der Waals surface area contributed by atoms with Gasteiger partial charge in [-0.3, -0.25) is 4.79 Å². The molecule has 2 heterocycles. The minimum Gasteiger partial charge on any atom is -0.454 e. The first-order valence-corrected chi connectivity index (χ1v) is 10.1. The molecule has 0 N–H and O–H groups in total. The molecule has 1 saturated heterocycles. The number of fused-ring (bicyclic) bond motifs is 1. The van der Waals surface area contributed by atoms with E-state index >= 15 is 0 Å². The zero-order valence-corrected chi connectivity index (χ0v) is 14.9. The molecule has 0 aliphatic carbocycles. The minimum absolute atomic E-state index is 0.0127. The quantitative estimate of drug-likeness (QED) is 0.804. The second-order valence-electron chi connectivity index (χ2n) is 7.12. The fraction of sp³-hybridized carbons (Fsp3) is 0.588. The van der Waals surface area contributed by atoms with E-state index in [4.69, 9.17) is 9.47 Å². The van der Waals surface area contributed by atoms with E-state index in [1.807, 2.05) is 18.2 Å². The number of nitrogens with zero attached hydrogens (tertiary/aromatic N) is 1. The van der Waals surface area contributed by atoms with Gasteiger partial charge >= 0.3 is 0 Å². The summed E-state index contributed by atoms with van der Waals surface area (Å²) in [6, 6.07) is 5.93. The van der Waals surface area contributed by atoms with Gasteiger partial charge in [0.15, 0.2) is 11.5 Å². The highest BCUT2D eigenvalue weighted by Gasteiger charge is 2.35. The van der Waals surface area contributed by atoms with E-state index in [-0.39, 0.29) is 30.4 Å². The number of carbonyl (C=O) groups excluding carboxylic acids is 1. The summed E-state index contributed by atoms with van der Waals surface area (Å²) in [4.78, 5) is 13.8. The molecule has 0 aromatic heterocycles. The zero-order chi connectivity index (χ0) is 17.4. The zero-order valence-electron chi connectivity index (χ0n) is 14.1. The summed E-state index contributed by atoms with van der Waals surface area (Å²) in [5.74, 6) is 1.58. The summed E-state index contributed by atoms with van der Waals surface area (Å²) < 4.78 is 33.5. The van der Waals surface area contributed by atoms with E-state index in [1.54, 1.807) is 4.90 Å². The van der Waals surface area contributed by atoms with Gasteiger partial charge in [0.2, 0.25) is 12.7 Å². The average molecular weight is 353 g/mol. The van der Waals surface area contributed by atoms with Crippen molar-refractivity contribution in [2.24, 2.45) is 5.41 Å². The van der Waals surface area contributed by atoms with E-state index < -0.39 is 9.84 Å². The van der Waals surface area contributed by atoms with Crippen LogP contribution in [0.2, 0.25) is 0 Å². The monoisotopic (exact) mass is 353 g/mol. The second kappa shape index (κ2) is 6.27. The van der Waals surface area contributed by atoms with Gasteiger partial charge in [-0.15, -0.1) is 0 Å². The summed E-state index contributed by atoms with van der Waals surface area (Å²) >= 11 is 0. The minimum atomic E-state index is -3.07. The number of carbonyl (C=O) groups is 1. The van der Waals surface area contributed by atoms with Crippen LogP contribution in [0.15, 0.2) is 18.2 Å². The number of ether oxygens (including phenoxy) is 2. The van der Waals surface area contributed by atoms with Gasteiger partial charge in [-0.2, -0.15) is 0 Å². The van der Waals surface area contributed by atoms with Crippen LogP contribution in [0.5, 0.6) is 11.5 Å². The molecule has 132 valence electrons. The Morgan fingerprint density at radius 1 is 1.25 bits per heavy atom. The van der Waals surface area contributed by atoms with Crippen molar-refractivity contribution in [3.8, 4) is 11.5 Å². The van der Waals surface area contributed by atoms with Crippen molar-refractivity contribution in [1.29, 1.82) is 0 Å². The molecular weight excluding hydrogens is 330 g/mol. The van der Waals surface area contributed by atoms with Crippen molar-refractivity contribution >= 4 is 15.7 Å². The van der Waals surface area contributed by atoms with E-state index in [2.05, 4.69) is 6.92 Å². The molecule has 0 bridgehead atoms. The molecule has 7 heteroatoms. The molecule has 3 rings (SSSR count). The van der Waals surface area contributed by atoms with Crippen LogP contribution in [0.4, 0.5) is 0 Å². The lowest BCUT2D eigenvalue weighted by atomic mass is 9.76. The first-order valence-electron chi connectivity index (χ1n) is 8.08. The number of benzene rings is 1. The highest BCUT2D eigenvalue weighted by Crippen LogP contribution is 2.37. The lowest BCUT2D eigenvalue weighted by Crippen LogP contribution is -2.47. The molecule has 0 radical (unpaired) electrons. The maximum absolute atomic E-state index is 12.1. The van der Waals surface area contributed by atoms with Crippen LogP contribution >= 0.6 is 0 Å². The van der Waals surface area contributed by atoms with Gasteiger partial charge in [0, 0.05) is 25.8 Å². The Kier molecular flexibility index (Phi) is 4.46. The lowest BCUT2D eigenvalue weighted by Gasteiger charge is -2.40. The number of amides is 1. The highest BCUT2D eigenvalue weighted by molar-refractivity contribution is 7.90. The Morgan fingerprint density at radius 2 is 2.00 bits per heavy atom. The van der Waals surface area contributed by atoms with Crippen LogP contribution in [0.25, 0.3) is 0 Å². The van der Waals surface area contributed by atoms with Crippen LogP contribution in [0.3, 0.4) is 0 Å². The fourth-order valence-electron chi connectivity index (χ4n) is 3.36. The Balaban J connectivity index is 1.69. The molecule has 1 atom stereocenters. The van der Waals surface area contributed by atoms with Gasteiger partial charge in [-0.1, -0.05) is 13.0 Å². The predicted octanol–water partition coefficient (Wildman–Crippen LogP) is 1.63. The van der Waals surface area contributed by atoms with Crippen molar-refractivity contribution in [1.82, 2.24) is 4.90 Å². The highest BCUT2D eigenvalue weighted by atomic mass is 32.2. The first-order chi connectivity index (χ1) is 11.2. The summed E-state index contributed by atoms with van der Waals surface area (Å²) in [6.07, 6.45) is 3.28. The van der Waals surface area contributed by atoms with Gasteiger partial charge < -0.3 is 14.4 Å². The Bertz CT molecular complexity index is 745. The molecule has 1 fully saturated rings. The lowest BCUT2D eigenvalue weighted by molar-refractivity contribution is -0.136. The Hall–Kier alpha value is -1.76. The van der Waals surface area contributed by atoms with E-state index in [1.165, 1.54) is 6.26 Å². The smallest absolute Gasteiger partial charge is 0.231 e. The normalized spacial score (nSPS) is 23.6. The largest absolute Gasteiger partial charge is 0.454 e. The number of hydrogen-bond donors (Lipinski definition) is 0. The SMILES string of the molecule is C[C@@]1(Cc2ccc3c(c2)OCO3)CCC(=O)N(CCS(C)(=O)=O)C1. The molecule has 1 aromatic carbocycles. The molecule has 1 aromatic rings. The van der Waals surface area contributed by atoms with Crippen LogP contribution < -0.4 is 9.47 Å². The van der Waals surface area contributed by atoms with Crippen LogP contribution in [0, 0.1) is 5.41 Å². The van der Waals surface area contributed by atoms with Crippen LogP contribution in [0.1, 0.15) is 25.3 Å². The Labute approximate surface area is 142 Å². The molecule has 0 unspecified atom stereocenters. The summed E-state index contributed by atoms with van der Waals surface area (Å²) in [6.45, 7) is 3.26. The maximum Gasteiger partial charge on any atom is 0.231 e. The molecule has 0 saturated carbocycles. The average Bonchev–Trinajstić information content (AvgIpc) is 2.95. The molecule has 2 aliphatic heterocycles. The molecule has 6 nitrogen and oxygen atoms in total. The van der Waals surface area contributed by atoms with Crippen molar-refractivity contribution < 1.29 is 22.7 Å². The fourth-order valence-corrected chi connectivity index (χ4v) is 3.91. The third kappa shape index (κ3) is 4.01. The van der Waals surface area contributed by atoms with Gasteiger partial charge in [0.05, 0.1) is 5.75 Å². The third-order valence-corrected chi connectivity index (χ3v) is 5.59. The topological polar surface area (TPSA) is 72.9 Å². The first kappa shape index (κ1) is 17.1. The van der Waals surface area contributed by atoms with Crippen LogP contribution in [-0.4, -0.2) is 51.1 Å². The molecule has 1 amide bonds. The van der Waals surface area contributed by atoms with Crippen molar-refractivity contribution in [3.05, 3.63) is 23.8 Å². The number of hydrogen-bond acceptors (Lipinski definition) is 5. The second-order valence-corrected chi connectivity index (χ2v) is 9.38. The Morgan fingerprint density at radius 3 is 2.75 bits per heavy atom. The molecule has 2 aliphatic rings. The number of sulfone groups is 1. The molecular formula is C17H23NO5S. The van der Waals surface area contributed by atoms with Gasteiger partial charge in [-0.05, 0) is 36.0 Å². The van der Waals surface area contributed by atoms with Crippen molar-refractivity contribution in [2.75, 3.05) is 31.9 Å². The van der Waals surface area contributed by atoms with E-state index in [0.717, 1.165) is 29.9 Å². The van der Waals surface area contributed by atoms with Gasteiger partial charge in [0.25, 0.3) is 0 Å². The summed E-state index contributed by atoms with van der Waals surface area (Å²) in [5, 5.41) is 0. The molecule has 24 heavy (non-hydrogen) atoms. The standard InChI is InChI=1S/C17H23NO5S/c1-17(10-13-3-4-14-15(9-13)23-12-22-14)6-5-16(19)18(11-17)7-8-24(2,20)21/h3-4,9H,5-8,10-12H2,1-2H3/t17-/m0/s1. The number of rotatable bonds is 5. The maximum atomic E-state index is 12.1. The third-order valence-electron chi connectivity index (χ3n) is 4.67. The van der Waals surface area contributed by atoms with Crippen molar-refractivity contribution in [3.63, 3.8) is 0 Å². The van der Waals surface area contributed by atoms with Crippen LogP contribution in [-0.2, 0) is 21.1 Å².